The van der Waals surface area contributed by atoms with Crippen molar-refractivity contribution in [2.75, 3.05) is 11.5 Å². The van der Waals surface area contributed by atoms with Crippen LogP contribution in [0.4, 0.5) is 5.13 Å². The summed E-state index contributed by atoms with van der Waals surface area (Å²) in [5.41, 5.74) is 4.44. The van der Waals surface area contributed by atoms with Crippen LogP contribution in [0.1, 0.15) is 29.5 Å². The standard InChI is InChI=1S/C21H22N2O2S/c1-14-11-15(2)19-17(12-14)22-21(26-19)23(13-16-7-4-3-5-8-16)20(24)18-9-6-10-25-18/h3-5,7-8,11-12,18H,6,9-10,13H2,1-2H3. The summed E-state index contributed by atoms with van der Waals surface area (Å²) in [6, 6.07) is 14.3. The zero-order chi connectivity index (χ0) is 18.1. The number of hydrogen-bond acceptors (Lipinski definition) is 4. The molecule has 1 atom stereocenters. The van der Waals surface area contributed by atoms with Crippen molar-refractivity contribution < 1.29 is 9.53 Å². The molecule has 2 aromatic carbocycles. The third-order valence-corrected chi connectivity index (χ3v) is 5.92. The molecule has 1 aromatic heterocycles. The van der Waals surface area contributed by atoms with Gasteiger partial charge in [0.05, 0.1) is 16.8 Å². The van der Waals surface area contributed by atoms with E-state index in [1.807, 2.05) is 30.3 Å². The van der Waals surface area contributed by atoms with Crippen molar-refractivity contribution in [2.24, 2.45) is 0 Å². The molecule has 4 rings (SSSR count). The van der Waals surface area contributed by atoms with Crippen molar-refractivity contribution in [2.45, 2.75) is 39.3 Å². The van der Waals surface area contributed by atoms with Gasteiger partial charge < -0.3 is 4.74 Å². The lowest BCUT2D eigenvalue weighted by atomic mass is 10.1. The first-order valence-corrected chi connectivity index (χ1v) is 9.78. The molecule has 0 N–H and O–H groups in total. The Bertz CT molecular complexity index is 930. The van der Waals surface area contributed by atoms with Gasteiger partial charge in [0.2, 0.25) is 0 Å². The van der Waals surface area contributed by atoms with E-state index >= 15 is 0 Å². The number of rotatable bonds is 4. The van der Waals surface area contributed by atoms with E-state index in [9.17, 15) is 4.79 Å². The van der Waals surface area contributed by atoms with E-state index in [-0.39, 0.29) is 12.0 Å². The van der Waals surface area contributed by atoms with E-state index in [1.54, 1.807) is 16.2 Å². The quantitative estimate of drug-likeness (QED) is 0.676. The zero-order valence-electron chi connectivity index (χ0n) is 15.1. The van der Waals surface area contributed by atoms with E-state index in [2.05, 4.69) is 26.0 Å². The minimum Gasteiger partial charge on any atom is -0.368 e. The van der Waals surface area contributed by atoms with E-state index < -0.39 is 0 Å². The molecule has 1 amide bonds. The van der Waals surface area contributed by atoms with Gasteiger partial charge in [0.1, 0.15) is 6.10 Å². The van der Waals surface area contributed by atoms with Crippen LogP contribution < -0.4 is 4.90 Å². The second-order valence-electron chi connectivity index (χ2n) is 6.84. The summed E-state index contributed by atoms with van der Waals surface area (Å²) in [4.78, 5) is 19.7. The van der Waals surface area contributed by atoms with Crippen molar-refractivity contribution in [1.82, 2.24) is 4.98 Å². The van der Waals surface area contributed by atoms with Crippen LogP contribution in [-0.2, 0) is 16.1 Å². The minimum atomic E-state index is -0.353. The molecule has 0 bridgehead atoms. The van der Waals surface area contributed by atoms with E-state index in [4.69, 9.17) is 9.72 Å². The van der Waals surface area contributed by atoms with Gasteiger partial charge in [0.15, 0.2) is 5.13 Å². The highest BCUT2D eigenvalue weighted by Gasteiger charge is 2.31. The van der Waals surface area contributed by atoms with Gasteiger partial charge in [-0.25, -0.2) is 4.98 Å². The number of amides is 1. The summed E-state index contributed by atoms with van der Waals surface area (Å²) in [5.74, 6) is 0.0137. The summed E-state index contributed by atoms with van der Waals surface area (Å²) in [6.07, 6.45) is 1.37. The molecule has 1 aliphatic rings. The van der Waals surface area contributed by atoms with Crippen LogP contribution in [0.3, 0.4) is 0 Å². The number of thiazole rings is 1. The molecule has 3 aromatic rings. The largest absolute Gasteiger partial charge is 0.368 e. The fraction of sp³-hybridized carbons (Fsp3) is 0.333. The highest BCUT2D eigenvalue weighted by molar-refractivity contribution is 7.22. The molecule has 4 nitrogen and oxygen atoms in total. The van der Waals surface area contributed by atoms with Gasteiger partial charge >= 0.3 is 0 Å². The van der Waals surface area contributed by atoms with Crippen LogP contribution in [0, 0.1) is 13.8 Å². The molecule has 1 unspecified atom stereocenters. The Kier molecular flexibility index (Phi) is 4.74. The van der Waals surface area contributed by atoms with E-state index in [0.29, 0.717) is 13.2 Å². The molecule has 5 heteroatoms. The van der Waals surface area contributed by atoms with E-state index in [1.165, 1.54) is 11.1 Å². The van der Waals surface area contributed by atoms with Gasteiger partial charge in [-0.3, -0.25) is 9.69 Å². The van der Waals surface area contributed by atoms with Gasteiger partial charge in [0.25, 0.3) is 5.91 Å². The van der Waals surface area contributed by atoms with Crippen LogP contribution >= 0.6 is 11.3 Å². The average Bonchev–Trinajstić information content (AvgIpc) is 3.29. The summed E-state index contributed by atoms with van der Waals surface area (Å²) >= 11 is 1.59. The second kappa shape index (κ2) is 7.17. The number of carbonyl (C=O) groups excluding carboxylic acids is 1. The lowest BCUT2D eigenvalue weighted by Crippen LogP contribution is -2.38. The van der Waals surface area contributed by atoms with E-state index in [0.717, 1.165) is 33.8 Å². The number of fused-ring (bicyclic) bond motifs is 1. The van der Waals surface area contributed by atoms with Gasteiger partial charge in [-0.2, -0.15) is 0 Å². The Morgan fingerprint density at radius 1 is 1.27 bits per heavy atom. The molecule has 0 saturated carbocycles. The first kappa shape index (κ1) is 17.2. The van der Waals surface area contributed by atoms with Crippen LogP contribution in [0.5, 0.6) is 0 Å². The van der Waals surface area contributed by atoms with Crippen molar-refractivity contribution in [3.63, 3.8) is 0 Å². The molecule has 134 valence electrons. The molecule has 0 spiro atoms. The zero-order valence-corrected chi connectivity index (χ0v) is 15.9. The number of hydrogen-bond donors (Lipinski definition) is 0. The predicted octanol–water partition coefficient (Wildman–Crippen LogP) is 4.63. The third-order valence-electron chi connectivity index (χ3n) is 4.69. The van der Waals surface area contributed by atoms with Crippen molar-refractivity contribution in [1.29, 1.82) is 0 Å². The second-order valence-corrected chi connectivity index (χ2v) is 7.82. The summed E-state index contributed by atoms with van der Waals surface area (Å²) in [6.45, 7) is 5.34. The normalized spacial score (nSPS) is 16.9. The lowest BCUT2D eigenvalue weighted by molar-refractivity contribution is -0.127. The topological polar surface area (TPSA) is 42.4 Å². The molecule has 2 heterocycles. The average molecular weight is 366 g/mol. The molecule has 1 fully saturated rings. The van der Waals surface area contributed by atoms with Crippen LogP contribution in [0.2, 0.25) is 0 Å². The first-order chi connectivity index (χ1) is 12.6. The fourth-order valence-corrected chi connectivity index (χ4v) is 4.45. The molecule has 26 heavy (non-hydrogen) atoms. The van der Waals surface area contributed by atoms with Crippen LogP contribution in [0.25, 0.3) is 10.2 Å². The number of aromatic nitrogens is 1. The maximum atomic E-state index is 13.1. The Morgan fingerprint density at radius 3 is 2.81 bits per heavy atom. The number of benzene rings is 2. The maximum Gasteiger partial charge on any atom is 0.258 e. The number of nitrogens with zero attached hydrogens (tertiary/aromatic N) is 2. The Labute approximate surface area is 157 Å². The molecule has 1 saturated heterocycles. The number of carbonyl (C=O) groups is 1. The maximum absolute atomic E-state index is 13.1. The molecular weight excluding hydrogens is 344 g/mol. The molecule has 0 aliphatic carbocycles. The van der Waals surface area contributed by atoms with Gasteiger partial charge in [-0.05, 0) is 49.4 Å². The van der Waals surface area contributed by atoms with Crippen LogP contribution in [-0.4, -0.2) is 23.6 Å². The summed E-state index contributed by atoms with van der Waals surface area (Å²) < 4.78 is 6.80. The SMILES string of the molecule is Cc1cc(C)c2sc(N(Cc3ccccc3)C(=O)C3CCCO3)nc2c1. The number of anilines is 1. The number of ether oxygens (including phenoxy) is 1. The third kappa shape index (κ3) is 3.37. The molecule has 0 radical (unpaired) electrons. The minimum absolute atomic E-state index is 0.0137. The Balaban J connectivity index is 1.74. The highest BCUT2D eigenvalue weighted by atomic mass is 32.1. The fourth-order valence-electron chi connectivity index (χ4n) is 3.43. The number of aryl methyl sites for hydroxylation is 2. The summed E-state index contributed by atoms with van der Waals surface area (Å²) in [7, 11) is 0. The molecule has 1 aliphatic heterocycles. The van der Waals surface area contributed by atoms with Gasteiger partial charge in [-0.15, -0.1) is 0 Å². The summed E-state index contributed by atoms with van der Waals surface area (Å²) in [5, 5.41) is 0.748. The van der Waals surface area contributed by atoms with Crippen molar-refractivity contribution in [3.05, 3.63) is 59.2 Å². The van der Waals surface area contributed by atoms with Crippen LogP contribution in [0.15, 0.2) is 42.5 Å². The Hall–Kier alpha value is -2.24. The first-order valence-electron chi connectivity index (χ1n) is 8.96. The van der Waals surface area contributed by atoms with Gasteiger partial charge in [-0.1, -0.05) is 47.7 Å². The monoisotopic (exact) mass is 366 g/mol. The smallest absolute Gasteiger partial charge is 0.258 e. The highest BCUT2D eigenvalue weighted by Crippen LogP contribution is 2.34. The predicted molar refractivity (Wildman–Crippen MR) is 106 cm³/mol. The van der Waals surface area contributed by atoms with Crippen molar-refractivity contribution in [3.8, 4) is 0 Å². The van der Waals surface area contributed by atoms with Gasteiger partial charge in [0, 0.05) is 6.61 Å². The Morgan fingerprint density at radius 2 is 2.08 bits per heavy atom. The lowest BCUT2D eigenvalue weighted by Gasteiger charge is -2.23. The molecular formula is C21H22N2O2S. The van der Waals surface area contributed by atoms with Crippen molar-refractivity contribution >= 4 is 32.6 Å².